The van der Waals surface area contributed by atoms with Gasteiger partial charge in [-0.05, 0) is 17.7 Å². The molecule has 0 unspecified atom stereocenters. The lowest BCUT2D eigenvalue weighted by molar-refractivity contribution is -0.135. The summed E-state index contributed by atoms with van der Waals surface area (Å²) < 4.78 is 20.7. The van der Waals surface area contributed by atoms with Gasteiger partial charge in [0, 0.05) is 20.2 Å². The molecule has 7 heteroatoms. The van der Waals surface area contributed by atoms with Crippen molar-refractivity contribution in [2.75, 3.05) is 41.1 Å². The van der Waals surface area contributed by atoms with Crippen LogP contribution >= 0.6 is 0 Å². The summed E-state index contributed by atoms with van der Waals surface area (Å²) in [5.41, 5.74) is 1.12. The van der Waals surface area contributed by atoms with E-state index in [9.17, 15) is 9.59 Å². The number of amides is 1. The Kier molecular flexibility index (Phi) is 8.30. The number of hydrogen-bond donors (Lipinski definition) is 0. The van der Waals surface area contributed by atoms with Gasteiger partial charge in [-0.1, -0.05) is 36.4 Å². The minimum absolute atomic E-state index is 0.145. The third-order valence-corrected chi connectivity index (χ3v) is 4.09. The summed E-state index contributed by atoms with van der Waals surface area (Å²) in [7, 11) is 4.46. The van der Waals surface area contributed by atoms with Crippen LogP contribution < -0.4 is 9.47 Å². The van der Waals surface area contributed by atoms with Gasteiger partial charge in [0.1, 0.15) is 17.1 Å². The van der Waals surface area contributed by atoms with E-state index in [-0.39, 0.29) is 11.5 Å². The second-order valence-electron chi connectivity index (χ2n) is 5.91. The third-order valence-electron chi connectivity index (χ3n) is 4.09. The largest absolute Gasteiger partial charge is 0.496 e. The quantitative estimate of drug-likeness (QED) is 0.583. The Hall–Kier alpha value is -3.06. The summed E-state index contributed by atoms with van der Waals surface area (Å²) in [5.74, 6) is -0.369. The number of hydrogen-bond acceptors (Lipinski definition) is 6. The zero-order valence-electron chi connectivity index (χ0n) is 16.3. The van der Waals surface area contributed by atoms with E-state index in [0.717, 1.165) is 5.56 Å². The van der Waals surface area contributed by atoms with Crippen molar-refractivity contribution in [3.05, 3.63) is 59.7 Å². The normalized spacial score (nSPS) is 10.2. The van der Waals surface area contributed by atoms with Gasteiger partial charge in [0.05, 0.1) is 20.8 Å². The van der Waals surface area contributed by atoms with E-state index in [1.807, 2.05) is 30.3 Å². The maximum atomic E-state index is 12.6. The number of ether oxygens (including phenoxy) is 4. The number of rotatable bonds is 10. The highest BCUT2D eigenvalue weighted by Crippen LogP contribution is 2.28. The fourth-order valence-corrected chi connectivity index (χ4v) is 2.64. The van der Waals surface area contributed by atoms with Crippen molar-refractivity contribution in [1.29, 1.82) is 0 Å². The van der Waals surface area contributed by atoms with Crippen molar-refractivity contribution in [2.45, 2.75) is 6.54 Å². The molecule has 0 bridgehead atoms. The van der Waals surface area contributed by atoms with Gasteiger partial charge >= 0.3 is 5.97 Å². The maximum absolute atomic E-state index is 12.6. The summed E-state index contributed by atoms with van der Waals surface area (Å²) in [4.78, 5) is 26.7. The molecular weight excluding hydrogens is 362 g/mol. The number of methoxy groups -OCH3 is 3. The van der Waals surface area contributed by atoms with Crippen LogP contribution in [0.25, 0.3) is 0 Å². The number of carbonyl (C=O) groups excluding carboxylic acids is 2. The molecule has 0 heterocycles. The zero-order valence-corrected chi connectivity index (χ0v) is 16.3. The minimum atomic E-state index is -0.686. The van der Waals surface area contributed by atoms with E-state index in [1.165, 1.54) is 14.2 Å². The highest BCUT2D eigenvalue weighted by atomic mass is 16.5. The lowest BCUT2D eigenvalue weighted by Gasteiger charge is -2.22. The van der Waals surface area contributed by atoms with Gasteiger partial charge in [0.15, 0.2) is 6.61 Å². The monoisotopic (exact) mass is 387 g/mol. The molecule has 0 N–H and O–H groups in total. The van der Waals surface area contributed by atoms with Crippen LogP contribution in [0, 0.1) is 0 Å². The molecule has 0 aromatic heterocycles. The lowest BCUT2D eigenvalue weighted by atomic mass is 10.2. The van der Waals surface area contributed by atoms with Crippen molar-refractivity contribution in [2.24, 2.45) is 0 Å². The van der Waals surface area contributed by atoms with Gasteiger partial charge in [-0.3, -0.25) is 4.79 Å². The smallest absolute Gasteiger partial charge is 0.346 e. The fraction of sp³-hybridized carbons (Fsp3) is 0.333. The fourth-order valence-electron chi connectivity index (χ4n) is 2.64. The molecule has 0 aliphatic heterocycles. The molecule has 7 nitrogen and oxygen atoms in total. The molecule has 150 valence electrons. The van der Waals surface area contributed by atoms with Crippen molar-refractivity contribution in [3.8, 4) is 11.5 Å². The number of esters is 1. The molecule has 2 rings (SSSR count). The molecule has 0 aliphatic carbocycles. The Bertz CT molecular complexity index is 755. The van der Waals surface area contributed by atoms with Gasteiger partial charge in [0.25, 0.3) is 5.91 Å². The highest BCUT2D eigenvalue weighted by Gasteiger charge is 2.22. The van der Waals surface area contributed by atoms with E-state index in [4.69, 9.17) is 18.9 Å². The molecule has 0 saturated heterocycles. The molecule has 2 aromatic rings. The molecule has 0 aliphatic rings. The first-order valence-electron chi connectivity index (χ1n) is 8.79. The molecule has 28 heavy (non-hydrogen) atoms. The average molecular weight is 387 g/mol. The van der Waals surface area contributed by atoms with Gasteiger partial charge < -0.3 is 23.8 Å². The summed E-state index contributed by atoms with van der Waals surface area (Å²) >= 11 is 0. The Morgan fingerprint density at radius 3 is 2.11 bits per heavy atom. The molecule has 0 atom stereocenters. The molecule has 0 fully saturated rings. The van der Waals surface area contributed by atoms with E-state index in [0.29, 0.717) is 31.2 Å². The van der Waals surface area contributed by atoms with Crippen LogP contribution in [-0.2, 0) is 20.8 Å². The van der Waals surface area contributed by atoms with Crippen molar-refractivity contribution >= 4 is 11.9 Å². The maximum Gasteiger partial charge on any atom is 0.346 e. The van der Waals surface area contributed by atoms with Crippen LogP contribution in [0.4, 0.5) is 0 Å². The van der Waals surface area contributed by atoms with E-state index in [1.54, 1.807) is 30.2 Å². The Balaban J connectivity index is 2.06. The SMILES string of the molecule is COCCN(Cc1ccccc1)C(=O)COC(=O)c1c(OC)cccc1OC. The zero-order chi connectivity index (χ0) is 20.4. The predicted octanol–water partition coefficient (Wildman–Crippen LogP) is 2.54. The van der Waals surface area contributed by atoms with Crippen LogP contribution in [0.1, 0.15) is 15.9 Å². The van der Waals surface area contributed by atoms with Crippen LogP contribution in [-0.4, -0.2) is 57.9 Å². The summed E-state index contributed by atoms with van der Waals surface area (Å²) in [6.45, 7) is 0.780. The van der Waals surface area contributed by atoms with Gasteiger partial charge in [-0.15, -0.1) is 0 Å². The summed E-state index contributed by atoms with van der Waals surface area (Å²) in [5, 5.41) is 0. The second kappa shape index (κ2) is 10.9. The molecule has 0 radical (unpaired) electrons. The lowest BCUT2D eigenvalue weighted by Crippen LogP contribution is -2.36. The van der Waals surface area contributed by atoms with E-state index < -0.39 is 12.6 Å². The second-order valence-corrected chi connectivity index (χ2v) is 5.91. The highest BCUT2D eigenvalue weighted by molar-refractivity contribution is 5.96. The molecular formula is C21H25NO6. The van der Waals surface area contributed by atoms with E-state index in [2.05, 4.69) is 0 Å². The van der Waals surface area contributed by atoms with Crippen molar-refractivity contribution in [1.82, 2.24) is 4.90 Å². The number of nitrogens with zero attached hydrogens (tertiary/aromatic N) is 1. The van der Waals surface area contributed by atoms with Crippen LogP contribution in [0.3, 0.4) is 0 Å². The van der Waals surface area contributed by atoms with Crippen LogP contribution in [0.15, 0.2) is 48.5 Å². The van der Waals surface area contributed by atoms with Crippen LogP contribution in [0.2, 0.25) is 0 Å². The Morgan fingerprint density at radius 2 is 1.54 bits per heavy atom. The first-order chi connectivity index (χ1) is 13.6. The molecule has 1 amide bonds. The Labute approximate surface area is 164 Å². The van der Waals surface area contributed by atoms with Gasteiger partial charge in [0.2, 0.25) is 0 Å². The predicted molar refractivity (Wildman–Crippen MR) is 104 cm³/mol. The van der Waals surface area contributed by atoms with Crippen LogP contribution in [0.5, 0.6) is 11.5 Å². The Morgan fingerprint density at radius 1 is 0.893 bits per heavy atom. The minimum Gasteiger partial charge on any atom is -0.496 e. The standard InChI is InChI=1S/C21H25NO6/c1-25-13-12-22(14-16-8-5-4-6-9-16)19(23)15-28-21(24)20-17(26-2)10-7-11-18(20)27-3/h4-11H,12-15H2,1-3H3. The molecule has 2 aromatic carbocycles. The third kappa shape index (κ3) is 5.72. The number of benzene rings is 2. The first-order valence-corrected chi connectivity index (χ1v) is 8.79. The topological polar surface area (TPSA) is 74.3 Å². The average Bonchev–Trinajstić information content (AvgIpc) is 2.74. The van der Waals surface area contributed by atoms with E-state index >= 15 is 0 Å². The summed E-state index contributed by atoms with van der Waals surface area (Å²) in [6, 6.07) is 14.5. The van der Waals surface area contributed by atoms with Gasteiger partial charge in [-0.2, -0.15) is 0 Å². The van der Waals surface area contributed by atoms with Crippen molar-refractivity contribution in [3.63, 3.8) is 0 Å². The summed E-state index contributed by atoms with van der Waals surface area (Å²) in [6.07, 6.45) is 0. The van der Waals surface area contributed by atoms with Crippen molar-refractivity contribution < 1.29 is 28.5 Å². The van der Waals surface area contributed by atoms with Gasteiger partial charge in [-0.25, -0.2) is 4.79 Å². The molecule has 0 saturated carbocycles. The number of carbonyl (C=O) groups is 2. The first kappa shape index (κ1) is 21.2. The molecule has 0 spiro atoms.